The number of rotatable bonds is 4. The Labute approximate surface area is 119 Å². The van der Waals surface area contributed by atoms with E-state index >= 15 is 0 Å². The summed E-state index contributed by atoms with van der Waals surface area (Å²) in [6.45, 7) is 7.90. The number of carbonyl (C=O) groups excluding carboxylic acids is 1. The Hall–Kier alpha value is -2.10. The van der Waals surface area contributed by atoms with Crippen molar-refractivity contribution in [3.05, 3.63) is 41.7 Å². The van der Waals surface area contributed by atoms with Gasteiger partial charge in [0, 0.05) is 11.6 Å². The highest BCUT2D eigenvalue weighted by atomic mass is 16.5. The van der Waals surface area contributed by atoms with E-state index in [1.54, 1.807) is 6.92 Å². The largest absolute Gasteiger partial charge is 0.360 e. The number of nitrogens with one attached hydrogen (secondary N) is 1. The summed E-state index contributed by atoms with van der Waals surface area (Å²) in [7, 11) is 0. The van der Waals surface area contributed by atoms with Gasteiger partial charge in [-0.05, 0) is 19.8 Å². The zero-order valence-electron chi connectivity index (χ0n) is 12.3. The number of benzene rings is 1. The first kappa shape index (κ1) is 14.3. The fraction of sp³-hybridized carbons (Fsp3) is 0.375. The van der Waals surface area contributed by atoms with Gasteiger partial charge >= 0.3 is 0 Å². The Morgan fingerprint density at radius 2 is 1.85 bits per heavy atom. The molecule has 20 heavy (non-hydrogen) atoms. The van der Waals surface area contributed by atoms with Crippen molar-refractivity contribution in [2.45, 2.75) is 33.7 Å². The van der Waals surface area contributed by atoms with Crippen LogP contribution in [0.25, 0.3) is 11.3 Å². The molecule has 0 spiro atoms. The molecule has 0 aliphatic heterocycles. The Bertz CT molecular complexity index is 588. The van der Waals surface area contributed by atoms with Gasteiger partial charge in [-0.2, -0.15) is 0 Å². The molecule has 1 heterocycles. The number of aromatic nitrogens is 1. The van der Waals surface area contributed by atoms with Crippen LogP contribution in [0.2, 0.25) is 0 Å². The standard InChI is InChI=1S/C16H20N2O2/c1-10(2)11(3)17-16(19)14-12(4)20-18-15(14)13-8-6-5-7-9-13/h5-11H,1-4H3,(H,17,19). The third-order valence-electron chi connectivity index (χ3n) is 3.50. The van der Waals surface area contributed by atoms with Crippen molar-refractivity contribution in [1.29, 1.82) is 0 Å². The van der Waals surface area contributed by atoms with E-state index in [0.29, 0.717) is 22.9 Å². The molecule has 0 saturated heterocycles. The smallest absolute Gasteiger partial charge is 0.257 e. The maximum Gasteiger partial charge on any atom is 0.257 e. The van der Waals surface area contributed by atoms with Crippen molar-refractivity contribution in [2.24, 2.45) is 5.92 Å². The third-order valence-corrected chi connectivity index (χ3v) is 3.50. The van der Waals surface area contributed by atoms with E-state index < -0.39 is 0 Å². The van der Waals surface area contributed by atoms with Gasteiger partial charge < -0.3 is 9.84 Å². The number of nitrogens with zero attached hydrogens (tertiary/aromatic N) is 1. The molecule has 2 aromatic rings. The average Bonchev–Trinajstić information content (AvgIpc) is 2.81. The first-order chi connectivity index (χ1) is 9.50. The Morgan fingerprint density at radius 3 is 2.45 bits per heavy atom. The minimum Gasteiger partial charge on any atom is -0.360 e. The Morgan fingerprint density at radius 1 is 1.20 bits per heavy atom. The summed E-state index contributed by atoms with van der Waals surface area (Å²) in [6.07, 6.45) is 0. The molecular weight excluding hydrogens is 252 g/mol. The molecule has 1 unspecified atom stereocenters. The van der Waals surface area contributed by atoms with E-state index in [9.17, 15) is 4.79 Å². The molecule has 1 amide bonds. The molecule has 4 heteroatoms. The topological polar surface area (TPSA) is 55.1 Å². The lowest BCUT2D eigenvalue weighted by Crippen LogP contribution is -2.36. The van der Waals surface area contributed by atoms with Crippen LogP contribution in [-0.4, -0.2) is 17.1 Å². The summed E-state index contributed by atoms with van der Waals surface area (Å²) in [5, 5.41) is 7.02. The lowest BCUT2D eigenvalue weighted by Gasteiger charge is -2.17. The zero-order valence-corrected chi connectivity index (χ0v) is 12.3. The SMILES string of the molecule is Cc1onc(-c2ccccc2)c1C(=O)NC(C)C(C)C. The number of aryl methyl sites for hydroxylation is 1. The minimum absolute atomic E-state index is 0.0976. The molecule has 4 nitrogen and oxygen atoms in total. The van der Waals surface area contributed by atoms with E-state index in [0.717, 1.165) is 5.56 Å². The molecular formula is C16H20N2O2. The first-order valence-corrected chi connectivity index (χ1v) is 6.83. The number of hydrogen-bond donors (Lipinski definition) is 1. The van der Waals surface area contributed by atoms with Crippen molar-refractivity contribution < 1.29 is 9.32 Å². The van der Waals surface area contributed by atoms with Gasteiger partial charge in [0.25, 0.3) is 5.91 Å². The molecule has 0 bridgehead atoms. The van der Waals surface area contributed by atoms with E-state index in [1.807, 2.05) is 37.3 Å². The van der Waals surface area contributed by atoms with Gasteiger partial charge in [-0.25, -0.2) is 0 Å². The number of carbonyl (C=O) groups is 1. The molecule has 1 aromatic carbocycles. The van der Waals surface area contributed by atoms with Crippen molar-refractivity contribution in [2.75, 3.05) is 0 Å². The van der Waals surface area contributed by atoms with E-state index in [1.165, 1.54) is 0 Å². The molecule has 1 atom stereocenters. The highest BCUT2D eigenvalue weighted by molar-refractivity contribution is 6.00. The lowest BCUT2D eigenvalue weighted by molar-refractivity contribution is 0.0929. The van der Waals surface area contributed by atoms with Crippen LogP contribution in [0.3, 0.4) is 0 Å². The molecule has 0 aliphatic carbocycles. The highest BCUT2D eigenvalue weighted by Gasteiger charge is 2.23. The van der Waals surface area contributed by atoms with Gasteiger partial charge in [-0.3, -0.25) is 4.79 Å². The summed E-state index contributed by atoms with van der Waals surface area (Å²) in [5.41, 5.74) is 1.99. The second-order valence-electron chi connectivity index (χ2n) is 5.33. The van der Waals surface area contributed by atoms with Crippen LogP contribution < -0.4 is 5.32 Å². The molecule has 0 radical (unpaired) electrons. The van der Waals surface area contributed by atoms with Gasteiger partial charge in [0.1, 0.15) is 17.0 Å². The van der Waals surface area contributed by atoms with Crippen LogP contribution in [-0.2, 0) is 0 Å². The molecule has 0 saturated carbocycles. The zero-order chi connectivity index (χ0) is 14.7. The highest BCUT2D eigenvalue weighted by Crippen LogP contribution is 2.25. The third kappa shape index (κ3) is 2.90. The van der Waals surface area contributed by atoms with Crippen molar-refractivity contribution in [3.63, 3.8) is 0 Å². The average molecular weight is 272 g/mol. The van der Waals surface area contributed by atoms with Crippen LogP contribution in [0.1, 0.15) is 36.9 Å². The molecule has 1 aromatic heterocycles. The van der Waals surface area contributed by atoms with Crippen LogP contribution in [0.5, 0.6) is 0 Å². The predicted molar refractivity (Wildman–Crippen MR) is 78.4 cm³/mol. The van der Waals surface area contributed by atoms with Gasteiger partial charge in [0.15, 0.2) is 0 Å². The summed E-state index contributed by atoms with van der Waals surface area (Å²) in [4.78, 5) is 12.4. The van der Waals surface area contributed by atoms with Crippen LogP contribution in [0.4, 0.5) is 0 Å². The number of hydrogen-bond acceptors (Lipinski definition) is 3. The van der Waals surface area contributed by atoms with Crippen LogP contribution >= 0.6 is 0 Å². The first-order valence-electron chi connectivity index (χ1n) is 6.83. The van der Waals surface area contributed by atoms with E-state index in [-0.39, 0.29) is 11.9 Å². The quantitative estimate of drug-likeness (QED) is 0.927. The van der Waals surface area contributed by atoms with E-state index in [2.05, 4.69) is 24.3 Å². The monoisotopic (exact) mass is 272 g/mol. The van der Waals surface area contributed by atoms with Crippen molar-refractivity contribution in [1.82, 2.24) is 10.5 Å². The van der Waals surface area contributed by atoms with Gasteiger partial charge in [-0.1, -0.05) is 49.3 Å². The molecule has 0 fully saturated rings. The molecule has 0 aliphatic rings. The maximum atomic E-state index is 12.4. The summed E-state index contributed by atoms with van der Waals surface area (Å²) >= 11 is 0. The van der Waals surface area contributed by atoms with Gasteiger partial charge in [0.2, 0.25) is 0 Å². The fourth-order valence-electron chi connectivity index (χ4n) is 1.88. The van der Waals surface area contributed by atoms with E-state index in [4.69, 9.17) is 4.52 Å². The summed E-state index contributed by atoms with van der Waals surface area (Å²) in [6, 6.07) is 9.69. The Kier molecular flexibility index (Phi) is 4.23. The second kappa shape index (κ2) is 5.90. The molecule has 106 valence electrons. The molecule has 1 N–H and O–H groups in total. The molecule has 2 rings (SSSR count). The van der Waals surface area contributed by atoms with Gasteiger partial charge in [-0.15, -0.1) is 0 Å². The van der Waals surface area contributed by atoms with Gasteiger partial charge in [0.05, 0.1) is 0 Å². The lowest BCUT2D eigenvalue weighted by atomic mass is 10.0. The van der Waals surface area contributed by atoms with Crippen molar-refractivity contribution in [3.8, 4) is 11.3 Å². The van der Waals surface area contributed by atoms with Crippen LogP contribution in [0.15, 0.2) is 34.9 Å². The fourth-order valence-corrected chi connectivity index (χ4v) is 1.88. The van der Waals surface area contributed by atoms with Crippen molar-refractivity contribution >= 4 is 5.91 Å². The maximum absolute atomic E-state index is 12.4. The Balaban J connectivity index is 2.33. The van der Waals surface area contributed by atoms with Crippen LogP contribution in [0, 0.1) is 12.8 Å². The normalized spacial score (nSPS) is 12.4. The summed E-state index contributed by atoms with van der Waals surface area (Å²) in [5.74, 6) is 0.778. The minimum atomic E-state index is -0.135. The number of amides is 1. The predicted octanol–water partition coefficient (Wildman–Crippen LogP) is 3.42. The second-order valence-corrected chi connectivity index (χ2v) is 5.33. The summed E-state index contributed by atoms with van der Waals surface area (Å²) < 4.78 is 5.20.